The van der Waals surface area contributed by atoms with Gasteiger partial charge in [-0.05, 0) is 19.1 Å². The number of oxazole rings is 1. The zero-order valence-corrected chi connectivity index (χ0v) is 10.1. The van der Waals surface area contributed by atoms with E-state index >= 15 is 0 Å². The Morgan fingerprint density at radius 1 is 1.42 bits per heavy atom. The number of aliphatic carboxylic acids is 1. The molecule has 2 heterocycles. The topological polar surface area (TPSA) is 92.0 Å². The summed E-state index contributed by atoms with van der Waals surface area (Å²) in [5.41, 5.74) is 3.09. The van der Waals surface area contributed by atoms with Gasteiger partial charge in [-0.15, -0.1) is 0 Å². The Hall–Kier alpha value is -2.63. The maximum atomic E-state index is 10.9. The van der Waals surface area contributed by atoms with Crippen LogP contribution in [0.15, 0.2) is 35.2 Å². The highest BCUT2D eigenvalue weighted by atomic mass is 16.4. The maximum absolute atomic E-state index is 10.9. The van der Waals surface area contributed by atoms with Crippen molar-refractivity contribution in [1.29, 1.82) is 0 Å². The molecule has 0 aliphatic heterocycles. The first kappa shape index (κ1) is 11.5. The number of hydrogen-bond donors (Lipinski definition) is 2. The molecule has 0 aliphatic rings. The average molecular weight is 257 g/mol. The standard InChI is InChI=1S/C13H11N3O3/c1-7(13(17)18)12-14-5-10(16-12)8-2-3-9-11(4-8)19-6-15-9/h2-7H,1H3,(H,14,16)(H,17,18). The molecule has 0 amide bonds. The highest BCUT2D eigenvalue weighted by molar-refractivity contribution is 5.79. The molecule has 1 aromatic carbocycles. The summed E-state index contributed by atoms with van der Waals surface area (Å²) in [4.78, 5) is 22.1. The van der Waals surface area contributed by atoms with Crippen LogP contribution in [0.2, 0.25) is 0 Å². The summed E-state index contributed by atoms with van der Waals surface area (Å²) in [6, 6.07) is 5.56. The highest BCUT2D eigenvalue weighted by Crippen LogP contribution is 2.24. The van der Waals surface area contributed by atoms with Crippen LogP contribution in [0.4, 0.5) is 0 Å². The molecule has 0 fully saturated rings. The lowest BCUT2D eigenvalue weighted by Gasteiger charge is -2.01. The number of aromatic nitrogens is 3. The van der Waals surface area contributed by atoms with E-state index in [1.807, 2.05) is 18.2 Å². The van der Waals surface area contributed by atoms with Gasteiger partial charge in [0.1, 0.15) is 17.3 Å². The van der Waals surface area contributed by atoms with E-state index in [4.69, 9.17) is 9.52 Å². The second kappa shape index (κ2) is 4.24. The lowest BCUT2D eigenvalue weighted by Crippen LogP contribution is -2.08. The van der Waals surface area contributed by atoms with Crippen molar-refractivity contribution in [2.24, 2.45) is 0 Å². The van der Waals surface area contributed by atoms with E-state index in [9.17, 15) is 4.79 Å². The van der Waals surface area contributed by atoms with Crippen molar-refractivity contribution in [3.05, 3.63) is 36.6 Å². The number of H-pyrrole nitrogens is 1. The highest BCUT2D eigenvalue weighted by Gasteiger charge is 2.17. The number of carboxylic acid groups (broad SMARTS) is 1. The number of benzene rings is 1. The van der Waals surface area contributed by atoms with Crippen LogP contribution in [-0.2, 0) is 4.79 Å². The molecule has 1 unspecified atom stereocenters. The maximum Gasteiger partial charge on any atom is 0.313 e. The summed E-state index contributed by atoms with van der Waals surface area (Å²) in [5.74, 6) is -1.14. The van der Waals surface area contributed by atoms with Crippen LogP contribution in [0.1, 0.15) is 18.7 Å². The van der Waals surface area contributed by atoms with Gasteiger partial charge in [-0.3, -0.25) is 4.79 Å². The fourth-order valence-electron chi connectivity index (χ4n) is 1.84. The van der Waals surface area contributed by atoms with Crippen molar-refractivity contribution in [1.82, 2.24) is 15.0 Å². The molecule has 0 saturated heterocycles. The molecule has 3 rings (SSSR count). The number of hydrogen-bond acceptors (Lipinski definition) is 4. The molecule has 0 spiro atoms. The summed E-state index contributed by atoms with van der Waals surface area (Å²) in [7, 11) is 0. The van der Waals surface area contributed by atoms with Crippen molar-refractivity contribution in [2.45, 2.75) is 12.8 Å². The number of carbonyl (C=O) groups is 1. The van der Waals surface area contributed by atoms with Crippen molar-refractivity contribution in [3.8, 4) is 11.3 Å². The van der Waals surface area contributed by atoms with E-state index in [0.29, 0.717) is 11.4 Å². The Balaban J connectivity index is 1.99. The Bertz CT molecular complexity index is 744. The SMILES string of the molecule is CC(C(=O)O)c1ncc(-c2ccc3ncoc3c2)[nH]1. The molecule has 2 aromatic heterocycles. The van der Waals surface area contributed by atoms with Gasteiger partial charge in [-0.1, -0.05) is 6.07 Å². The van der Waals surface area contributed by atoms with Gasteiger partial charge < -0.3 is 14.5 Å². The number of nitrogens with one attached hydrogen (secondary N) is 1. The summed E-state index contributed by atoms with van der Waals surface area (Å²) >= 11 is 0. The molecule has 1 atom stereocenters. The number of carboxylic acids is 1. The zero-order valence-electron chi connectivity index (χ0n) is 10.1. The molecule has 3 aromatic rings. The molecule has 0 bridgehead atoms. The smallest absolute Gasteiger partial charge is 0.313 e. The Labute approximate surface area is 108 Å². The molecule has 19 heavy (non-hydrogen) atoms. The minimum Gasteiger partial charge on any atom is -0.481 e. The number of fused-ring (bicyclic) bond motifs is 1. The molecule has 96 valence electrons. The minimum atomic E-state index is -0.911. The summed E-state index contributed by atoms with van der Waals surface area (Å²) in [6.45, 7) is 1.59. The number of imidazole rings is 1. The quantitative estimate of drug-likeness (QED) is 0.751. The molecule has 2 N–H and O–H groups in total. The third kappa shape index (κ3) is 1.97. The van der Waals surface area contributed by atoms with Crippen LogP contribution in [0.25, 0.3) is 22.4 Å². The number of nitrogens with zero attached hydrogens (tertiary/aromatic N) is 2. The number of rotatable bonds is 3. The van der Waals surface area contributed by atoms with Crippen molar-refractivity contribution < 1.29 is 14.3 Å². The third-order valence-electron chi connectivity index (χ3n) is 3.02. The van der Waals surface area contributed by atoms with Crippen LogP contribution >= 0.6 is 0 Å². The lowest BCUT2D eigenvalue weighted by molar-refractivity contribution is -0.138. The van der Waals surface area contributed by atoms with Gasteiger partial charge in [0.2, 0.25) is 0 Å². The Kier molecular flexibility index (Phi) is 2.56. The predicted octanol–water partition coefficient (Wildman–Crippen LogP) is 2.41. The van der Waals surface area contributed by atoms with Gasteiger partial charge in [0.15, 0.2) is 12.0 Å². The Morgan fingerprint density at radius 2 is 2.26 bits per heavy atom. The van der Waals surface area contributed by atoms with Gasteiger partial charge >= 0.3 is 5.97 Å². The predicted molar refractivity (Wildman–Crippen MR) is 67.6 cm³/mol. The van der Waals surface area contributed by atoms with Gasteiger partial charge in [0, 0.05) is 5.56 Å². The molecule has 0 saturated carbocycles. The van der Waals surface area contributed by atoms with E-state index in [1.165, 1.54) is 6.39 Å². The summed E-state index contributed by atoms with van der Waals surface area (Å²) in [5, 5.41) is 8.95. The first-order chi connectivity index (χ1) is 9.15. The fraction of sp³-hybridized carbons (Fsp3) is 0.154. The van der Waals surface area contributed by atoms with Crippen LogP contribution in [0.3, 0.4) is 0 Å². The molecule has 0 aliphatic carbocycles. The van der Waals surface area contributed by atoms with Crippen LogP contribution in [-0.4, -0.2) is 26.0 Å². The van der Waals surface area contributed by atoms with Crippen molar-refractivity contribution in [2.75, 3.05) is 0 Å². The van der Waals surface area contributed by atoms with Gasteiger partial charge in [0.25, 0.3) is 0 Å². The van der Waals surface area contributed by atoms with Gasteiger partial charge in [-0.25, -0.2) is 9.97 Å². The molecular weight excluding hydrogens is 246 g/mol. The lowest BCUT2D eigenvalue weighted by atomic mass is 10.1. The number of aromatic amines is 1. The van der Waals surface area contributed by atoms with Crippen molar-refractivity contribution >= 4 is 17.1 Å². The summed E-state index contributed by atoms with van der Waals surface area (Å²) in [6.07, 6.45) is 3.01. The van der Waals surface area contributed by atoms with E-state index in [-0.39, 0.29) is 0 Å². The molecule has 6 nitrogen and oxygen atoms in total. The van der Waals surface area contributed by atoms with Crippen LogP contribution in [0, 0.1) is 0 Å². The second-order valence-corrected chi connectivity index (χ2v) is 4.28. The molecular formula is C13H11N3O3. The van der Waals surface area contributed by atoms with Gasteiger partial charge in [0.05, 0.1) is 11.9 Å². The fourth-order valence-corrected chi connectivity index (χ4v) is 1.84. The van der Waals surface area contributed by atoms with E-state index < -0.39 is 11.9 Å². The minimum absolute atomic E-state index is 0.431. The monoisotopic (exact) mass is 257 g/mol. The third-order valence-corrected chi connectivity index (χ3v) is 3.02. The van der Waals surface area contributed by atoms with E-state index in [2.05, 4.69) is 15.0 Å². The largest absolute Gasteiger partial charge is 0.481 e. The van der Waals surface area contributed by atoms with Crippen molar-refractivity contribution in [3.63, 3.8) is 0 Å². The first-order valence-corrected chi connectivity index (χ1v) is 5.76. The first-order valence-electron chi connectivity index (χ1n) is 5.76. The summed E-state index contributed by atoms with van der Waals surface area (Å²) < 4.78 is 5.23. The van der Waals surface area contributed by atoms with Crippen LogP contribution in [0.5, 0.6) is 0 Å². The van der Waals surface area contributed by atoms with E-state index in [1.54, 1.807) is 13.1 Å². The van der Waals surface area contributed by atoms with Crippen LogP contribution < -0.4 is 0 Å². The normalized spacial score (nSPS) is 12.7. The second-order valence-electron chi connectivity index (χ2n) is 4.28. The Morgan fingerprint density at radius 3 is 3.05 bits per heavy atom. The van der Waals surface area contributed by atoms with E-state index in [0.717, 1.165) is 16.8 Å². The average Bonchev–Trinajstić information content (AvgIpc) is 3.05. The molecule has 0 radical (unpaired) electrons. The van der Waals surface area contributed by atoms with Gasteiger partial charge in [-0.2, -0.15) is 0 Å². The molecule has 6 heteroatoms. The zero-order chi connectivity index (χ0) is 13.4.